The average Bonchev–Trinajstić information content (AvgIpc) is 3.45. The first kappa shape index (κ1) is 75.1. The fraction of sp³-hybridized carbons (Fsp3) is 0.712. The van der Waals surface area contributed by atoms with Crippen LogP contribution in [0.25, 0.3) is 0 Å². The van der Waals surface area contributed by atoms with Crippen molar-refractivity contribution in [1.29, 1.82) is 0 Å². The van der Waals surface area contributed by atoms with Gasteiger partial charge in [0.15, 0.2) is 6.10 Å². The molecule has 1 unspecified atom stereocenters. The maximum atomic E-state index is 12.9. The van der Waals surface area contributed by atoms with Gasteiger partial charge in [0.2, 0.25) is 0 Å². The number of unbranched alkanes of at least 4 members (excludes halogenated alkanes) is 31. The molecule has 6 heteroatoms. The van der Waals surface area contributed by atoms with E-state index in [2.05, 4.69) is 130 Å². The van der Waals surface area contributed by atoms with Crippen LogP contribution in [0, 0.1) is 0 Å². The van der Waals surface area contributed by atoms with Gasteiger partial charge in [-0.1, -0.05) is 278 Å². The van der Waals surface area contributed by atoms with Crippen molar-refractivity contribution in [3.8, 4) is 0 Å². The van der Waals surface area contributed by atoms with Crippen LogP contribution in [0.5, 0.6) is 0 Å². The van der Waals surface area contributed by atoms with E-state index in [1.165, 1.54) is 167 Å². The average molecular weight is 1100 g/mol. The first-order valence-corrected chi connectivity index (χ1v) is 33.4. The van der Waals surface area contributed by atoms with Gasteiger partial charge in [0.25, 0.3) is 0 Å². The molecule has 0 saturated heterocycles. The number of hydrogen-bond donors (Lipinski definition) is 0. The predicted octanol–water partition coefficient (Wildman–Crippen LogP) is 23.0. The van der Waals surface area contributed by atoms with Crippen molar-refractivity contribution in [3.05, 3.63) is 109 Å². The van der Waals surface area contributed by atoms with Crippen LogP contribution in [0.4, 0.5) is 0 Å². The number of allylic oxidation sites excluding steroid dienone is 18. The summed E-state index contributed by atoms with van der Waals surface area (Å²) in [5, 5.41) is 0. The van der Waals surface area contributed by atoms with E-state index in [0.717, 1.165) is 109 Å². The van der Waals surface area contributed by atoms with Gasteiger partial charge in [-0.25, -0.2) is 0 Å². The summed E-state index contributed by atoms with van der Waals surface area (Å²) in [7, 11) is 0. The van der Waals surface area contributed by atoms with Gasteiger partial charge < -0.3 is 14.2 Å². The fourth-order valence-electron chi connectivity index (χ4n) is 9.24. The van der Waals surface area contributed by atoms with Crippen molar-refractivity contribution in [1.82, 2.24) is 0 Å². The Kier molecular flexibility index (Phi) is 63.3. The minimum Gasteiger partial charge on any atom is -0.462 e. The zero-order valence-electron chi connectivity index (χ0n) is 51.9. The lowest BCUT2D eigenvalue weighted by molar-refractivity contribution is -0.167. The third kappa shape index (κ3) is 64.8. The summed E-state index contributed by atoms with van der Waals surface area (Å²) >= 11 is 0. The second-order valence-corrected chi connectivity index (χ2v) is 22.0. The molecule has 452 valence electrons. The molecule has 0 fully saturated rings. The maximum Gasteiger partial charge on any atom is 0.306 e. The molecule has 0 aromatic carbocycles. The van der Waals surface area contributed by atoms with E-state index in [4.69, 9.17) is 14.2 Å². The molecule has 0 bridgehead atoms. The molecule has 0 saturated carbocycles. The molecule has 0 aliphatic heterocycles. The van der Waals surface area contributed by atoms with E-state index in [0.29, 0.717) is 19.3 Å². The Morgan fingerprint density at radius 3 is 0.823 bits per heavy atom. The zero-order chi connectivity index (χ0) is 57.1. The Labute approximate surface area is 489 Å². The Hall–Kier alpha value is -3.93. The molecule has 0 aromatic rings. The van der Waals surface area contributed by atoms with Crippen LogP contribution in [0.2, 0.25) is 0 Å². The monoisotopic (exact) mass is 1100 g/mol. The van der Waals surface area contributed by atoms with Gasteiger partial charge in [-0.15, -0.1) is 0 Å². The molecule has 6 nitrogen and oxygen atoms in total. The number of rotatable bonds is 60. The molecule has 0 heterocycles. The normalized spacial score (nSPS) is 12.8. The van der Waals surface area contributed by atoms with Crippen LogP contribution in [0.15, 0.2) is 109 Å². The summed E-state index contributed by atoms with van der Waals surface area (Å²) in [6.45, 7) is 6.47. The highest BCUT2D eigenvalue weighted by Gasteiger charge is 2.19. The molecule has 0 aliphatic rings. The van der Waals surface area contributed by atoms with E-state index < -0.39 is 6.10 Å². The molecule has 0 amide bonds. The molecule has 0 aliphatic carbocycles. The predicted molar refractivity (Wildman–Crippen MR) is 343 cm³/mol. The highest BCUT2D eigenvalue weighted by atomic mass is 16.6. The minimum absolute atomic E-state index is 0.0947. The van der Waals surface area contributed by atoms with Gasteiger partial charge in [0, 0.05) is 19.3 Å². The summed E-state index contributed by atoms with van der Waals surface area (Å²) in [5.41, 5.74) is 0. The highest BCUT2D eigenvalue weighted by molar-refractivity contribution is 5.71. The molecule has 79 heavy (non-hydrogen) atoms. The van der Waals surface area contributed by atoms with Crippen LogP contribution >= 0.6 is 0 Å². The van der Waals surface area contributed by atoms with Gasteiger partial charge in [0.05, 0.1) is 0 Å². The summed E-state index contributed by atoms with van der Waals surface area (Å²) < 4.78 is 16.9. The van der Waals surface area contributed by atoms with Gasteiger partial charge in [-0.3, -0.25) is 14.4 Å². The number of carbonyl (C=O) groups is 3. The molecule has 1 atom stereocenters. The standard InChI is InChI=1S/C73H124O6/c1-4-7-10-13-16-19-22-25-28-30-31-32-33-34-35-36-37-38-39-40-41-43-45-48-51-54-57-60-63-66-72(75)78-69-70(68-77-71(74)65-62-59-56-53-50-47-44-27-24-21-18-15-12-9-6-3)79-73(76)67-64-61-58-55-52-49-46-42-29-26-23-20-17-14-11-8-5-2/h9,12,17-18,20-22,25-27,29-31,33-34,44,50,53,70H,4-8,10-11,13-16,19,23-24,28,32,35-43,45-49,51-52,54-69H2,1-3H3/b12-9-,20-17-,21-18-,25-22-,29-26-,31-30-,34-33-,44-27-,53-50-. The highest BCUT2D eigenvalue weighted by Crippen LogP contribution is 2.16. The smallest absolute Gasteiger partial charge is 0.306 e. The van der Waals surface area contributed by atoms with Crippen molar-refractivity contribution >= 4 is 17.9 Å². The molecule has 0 radical (unpaired) electrons. The molecule has 0 spiro atoms. The summed E-state index contributed by atoms with van der Waals surface area (Å²) in [5.74, 6) is -0.938. The van der Waals surface area contributed by atoms with Gasteiger partial charge in [0.1, 0.15) is 13.2 Å². The molecule has 0 rings (SSSR count). The Bertz CT molecular complexity index is 1590. The van der Waals surface area contributed by atoms with Gasteiger partial charge >= 0.3 is 17.9 Å². The summed E-state index contributed by atoms with van der Waals surface area (Å²) in [6.07, 6.45) is 91.1. The van der Waals surface area contributed by atoms with Crippen molar-refractivity contribution < 1.29 is 28.6 Å². The Morgan fingerprint density at radius 2 is 0.494 bits per heavy atom. The summed E-state index contributed by atoms with van der Waals surface area (Å²) in [6, 6.07) is 0. The van der Waals surface area contributed by atoms with Crippen molar-refractivity contribution in [2.75, 3.05) is 13.2 Å². The van der Waals surface area contributed by atoms with Gasteiger partial charge in [-0.2, -0.15) is 0 Å². The lowest BCUT2D eigenvalue weighted by Gasteiger charge is -2.18. The molecular weight excluding hydrogens is 973 g/mol. The van der Waals surface area contributed by atoms with E-state index >= 15 is 0 Å². The zero-order valence-corrected chi connectivity index (χ0v) is 51.9. The second kappa shape index (κ2) is 66.6. The van der Waals surface area contributed by atoms with Crippen LogP contribution in [-0.4, -0.2) is 37.2 Å². The molecule has 0 aromatic heterocycles. The quantitative estimate of drug-likeness (QED) is 0.0261. The van der Waals surface area contributed by atoms with Crippen LogP contribution in [0.1, 0.15) is 316 Å². The van der Waals surface area contributed by atoms with Crippen LogP contribution < -0.4 is 0 Å². The Balaban J connectivity index is 4.31. The first-order chi connectivity index (χ1) is 39.0. The maximum absolute atomic E-state index is 12.9. The third-order valence-electron chi connectivity index (χ3n) is 14.2. The summed E-state index contributed by atoms with van der Waals surface area (Å²) in [4.78, 5) is 38.3. The van der Waals surface area contributed by atoms with Crippen molar-refractivity contribution in [2.24, 2.45) is 0 Å². The van der Waals surface area contributed by atoms with Crippen molar-refractivity contribution in [3.63, 3.8) is 0 Å². The SMILES string of the molecule is CC/C=C\C/C=C\C/C=C\C/C=C\CCCCC(=O)OCC(COC(=O)CCCCCCCCCCCCCCCC/C=C\C/C=C\C/C=C\CCCCCCC)OC(=O)CCCCCCCCC/C=C\C/C=C\CCCCC. The Morgan fingerprint density at radius 1 is 0.266 bits per heavy atom. The topological polar surface area (TPSA) is 78.9 Å². The minimum atomic E-state index is -0.802. The number of esters is 3. The van der Waals surface area contributed by atoms with E-state index in [-0.39, 0.29) is 31.1 Å². The first-order valence-electron chi connectivity index (χ1n) is 33.4. The molecule has 0 N–H and O–H groups in total. The lowest BCUT2D eigenvalue weighted by Crippen LogP contribution is -2.30. The van der Waals surface area contributed by atoms with Crippen LogP contribution in [0.3, 0.4) is 0 Å². The number of ether oxygens (including phenoxy) is 3. The third-order valence-corrected chi connectivity index (χ3v) is 14.2. The fourth-order valence-corrected chi connectivity index (χ4v) is 9.24. The van der Waals surface area contributed by atoms with Crippen molar-refractivity contribution in [2.45, 2.75) is 322 Å². The number of hydrogen-bond acceptors (Lipinski definition) is 6. The largest absolute Gasteiger partial charge is 0.462 e. The second-order valence-electron chi connectivity index (χ2n) is 22.0. The lowest BCUT2D eigenvalue weighted by atomic mass is 10.0. The van der Waals surface area contributed by atoms with E-state index in [1.54, 1.807) is 0 Å². The van der Waals surface area contributed by atoms with E-state index in [1.807, 2.05) is 0 Å². The molecular formula is C73H124O6. The van der Waals surface area contributed by atoms with Gasteiger partial charge in [-0.05, 0) is 128 Å². The number of carbonyl (C=O) groups excluding carboxylic acids is 3. The van der Waals surface area contributed by atoms with Crippen LogP contribution in [-0.2, 0) is 28.6 Å². The van der Waals surface area contributed by atoms with E-state index in [9.17, 15) is 14.4 Å².